The van der Waals surface area contributed by atoms with Crippen LogP contribution in [0.15, 0.2) is 54.6 Å². The average molecular weight is 594 g/mol. The molecule has 1 saturated heterocycles. The van der Waals surface area contributed by atoms with Crippen LogP contribution in [0.5, 0.6) is 5.75 Å². The van der Waals surface area contributed by atoms with Crippen LogP contribution in [0.2, 0.25) is 0 Å². The fourth-order valence-corrected chi connectivity index (χ4v) is 5.30. The number of nitrogens with zero attached hydrogens (tertiary/aromatic N) is 2. The van der Waals surface area contributed by atoms with Gasteiger partial charge in [0, 0.05) is 30.9 Å². The summed E-state index contributed by atoms with van der Waals surface area (Å²) in [5.41, 5.74) is -2.57. The maximum absolute atomic E-state index is 13.8. The van der Waals surface area contributed by atoms with Crippen molar-refractivity contribution in [2.24, 2.45) is 5.41 Å². The Labute approximate surface area is 248 Å². The van der Waals surface area contributed by atoms with Crippen molar-refractivity contribution in [1.82, 2.24) is 10.2 Å². The molecule has 3 amide bonds. The van der Waals surface area contributed by atoms with Crippen LogP contribution in [0.25, 0.3) is 6.08 Å². The molecule has 228 valence electrons. The highest BCUT2D eigenvalue weighted by Crippen LogP contribution is 2.44. The molecule has 2 aliphatic heterocycles. The van der Waals surface area contributed by atoms with E-state index in [9.17, 15) is 39.3 Å². The van der Waals surface area contributed by atoms with E-state index >= 15 is 0 Å². The van der Waals surface area contributed by atoms with Gasteiger partial charge in [-0.3, -0.25) is 14.4 Å². The lowest BCUT2D eigenvalue weighted by atomic mass is 9.85. The van der Waals surface area contributed by atoms with Gasteiger partial charge < -0.3 is 35.2 Å². The number of carbonyl (C=O) groups is 5. The molecule has 12 nitrogen and oxygen atoms in total. The molecule has 0 spiro atoms. The normalized spacial score (nSPS) is 19.8. The molecular formula is C31H35N3O9. The summed E-state index contributed by atoms with van der Waals surface area (Å²) in [5.74, 6) is -5.00. The smallest absolute Gasteiger partial charge is 0.363 e. The summed E-state index contributed by atoms with van der Waals surface area (Å²) < 4.78 is 5.12. The first-order valence-corrected chi connectivity index (χ1v) is 13.8. The Morgan fingerprint density at radius 2 is 1.72 bits per heavy atom. The number of aliphatic hydroxyl groups excluding tert-OH is 1. The van der Waals surface area contributed by atoms with E-state index in [4.69, 9.17) is 4.74 Å². The Morgan fingerprint density at radius 3 is 2.33 bits per heavy atom. The number of aliphatic hydroxyl groups is 1. The zero-order valence-corrected chi connectivity index (χ0v) is 24.3. The Hall–Kier alpha value is -4.71. The summed E-state index contributed by atoms with van der Waals surface area (Å²) in [5, 5.41) is 32.1. The third-order valence-electron chi connectivity index (χ3n) is 7.74. The molecule has 4 rings (SSSR count). The zero-order chi connectivity index (χ0) is 31.7. The Kier molecular flexibility index (Phi) is 8.63. The van der Waals surface area contributed by atoms with E-state index in [1.54, 1.807) is 7.05 Å². The molecule has 0 radical (unpaired) electrons. The number of hydrogen-bond acceptors (Lipinski definition) is 7. The van der Waals surface area contributed by atoms with Crippen molar-refractivity contribution in [3.63, 3.8) is 0 Å². The lowest BCUT2D eigenvalue weighted by molar-refractivity contribution is -0.180. The zero-order valence-electron chi connectivity index (χ0n) is 24.3. The van der Waals surface area contributed by atoms with Crippen LogP contribution < -0.4 is 15.0 Å². The Bertz CT molecular complexity index is 1450. The minimum Gasteiger partial charge on any atom is -0.478 e. The van der Waals surface area contributed by atoms with E-state index in [0.717, 1.165) is 0 Å². The summed E-state index contributed by atoms with van der Waals surface area (Å²) in [6.07, 6.45) is 1.72. The molecule has 0 saturated carbocycles. The van der Waals surface area contributed by atoms with Crippen molar-refractivity contribution in [2.45, 2.75) is 57.4 Å². The number of likely N-dealkylation sites (tertiary alicyclic amines) is 1. The van der Waals surface area contributed by atoms with E-state index in [2.05, 4.69) is 5.32 Å². The van der Waals surface area contributed by atoms with Crippen molar-refractivity contribution in [3.05, 3.63) is 65.7 Å². The average Bonchev–Trinajstić information content (AvgIpc) is 3.57. The van der Waals surface area contributed by atoms with Crippen LogP contribution in [0.4, 0.5) is 5.69 Å². The molecule has 43 heavy (non-hydrogen) atoms. The molecule has 0 aliphatic carbocycles. The molecule has 2 aromatic carbocycles. The second kappa shape index (κ2) is 11.9. The molecule has 3 unspecified atom stereocenters. The third kappa shape index (κ3) is 5.96. The largest absolute Gasteiger partial charge is 0.478 e. The number of aliphatic carboxylic acids is 2. The number of nitrogens with one attached hydrogen (secondary N) is 1. The number of ether oxygens (including phenoxy) is 1. The van der Waals surface area contributed by atoms with E-state index in [1.165, 1.54) is 40.2 Å². The summed E-state index contributed by atoms with van der Waals surface area (Å²) in [6.45, 7) is 5.80. The summed E-state index contributed by atoms with van der Waals surface area (Å²) in [7, 11) is 1.67. The first kappa shape index (κ1) is 31.2. The molecule has 1 fully saturated rings. The molecule has 4 N–H and O–H groups in total. The lowest BCUT2D eigenvalue weighted by Gasteiger charge is -2.36. The maximum atomic E-state index is 13.8. The maximum Gasteiger partial charge on any atom is 0.363 e. The van der Waals surface area contributed by atoms with Gasteiger partial charge in [-0.1, -0.05) is 45.0 Å². The van der Waals surface area contributed by atoms with Crippen LogP contribution in [0.1, 0.15) is 50.8 Å². The van der Waals surface area contributed by atoms with E-state index < -0.39 is 47.0 Å². The Balaban J connectivity index is 1.49. The standard InChI is InChI=1S/C31H35N3O9/c1-30(2,3)24(27(38)34-16-8-11-21(34)26(37)33(4)19-9-6-5-7-10-19)32-23(35)15-13-18-12-14-22-20(17-18)25(36)31(43-22,28(39)40)29(41)42/h5-7,9-10,12-15,17,21,24-25,36H,8,11,16H2,1-4H3,(H,32,35)(H,39,40)(H,41,42)/b15-13+. The number of anilines is 1. The van der Waals surface area contributed by atoms with E-state index in [-0.39, 0.29) is 23.1 Å². The van der Waals surface area contributed by atoms with Crippen LogP contribution in [-0.2, 0) is 24.0 Å². The van der Waals surface area contributed by atoms with Gasteiger partial charge in [0.25, 0.3) is 0 Å². The lowest BCUT2D eigenvalue weighted by Crippen LogP contribution is -2.57. The van der Waals surface area contributed by atoms with Gasteiger partial charge in [0.2, 0.25) is 17.7 Å². The fourth-order valence-electron chi connectivity index (χ4n) is 5.30. The number of hydrogen-bond donors (Lipinski definition) is 4. The van der Waals surface area contributed by atoms with Crippen LogP contribution in [0.3, 0.4) is 0 Å². The highest BCUT2D eigenvalue weighted by Gasteiger charge is 2.61. The van der Waals surface area contributed by atoms with Crippen LogP contribution in [0, 0.1) is 5.41 Å². The molecule has 0 bridgehead atoms. The molecule has 3 atom stereocenters. The number of fused-ring (bicyclic) bond motifs is 1. The summed E-state index contributed by atoms with van der Waals surface area (Å²) in [6, 6.07) is 11.6. The van der Waals surface area contributed by atoms with Gasteiger partial charge in [-0.25, -0.2) is 9.59 Å². The number of likely N-dealkylation sites (N-methyl/N-ethyl adjacent to an activating group) is 1. The predicted octanol–water partition coefficient (Wildman–Crippen LogP) is 2.22. The van der Waals surface area contributed by atoms with Crippen molar-refractivity contribution < 1.29 is 44.0 Å². The summed E-state index contributed by atoms with van der Waals surface area (Å²) in [4.78, 5) is 66.5. The predicted molar refractivity (Wildman–Crippen MR) is 155 cm³/mol. The van der Waals surface area contributed by atoms with Crippen LogP contribution in [-0.4, -0.2) is 81.2 Å². The van der Waals surface area contributed by atoms with E-state index in [1.807, 2.05) is 51.1 Å². The third-order valence-corrected chi connectivity index (χ3v) is 7.74. The Morgan fingerprint density at radius 1 is 1.07 bits per heavy atom. The minimum atomic E-state index is -2.88. The molecule has 12 heteroatoms. The first-order valence-electron chi connectivity index (χ1n) is 13.8. The van der Waals surface area contributed by atoms with Crippen LogP contribution >= 0.6 is 0 Å². The number of para-hydroxylation sites is 1. The molecule has 2 heterocycles. The van der Waals surface area contributed by atoms with Gasteiger partial charge in [0.1, 0.15) is 23.9 Å². The van der Waals surface area contributed by atoms with E-state index in [0.29, 0.717) is 30.6 Å². The quantitative estimate of drug-likeness (QED) is 0.264. The fraction of sp³-hybridized carbons (Fsp3) is 0.387. The number of carbonyl (C=O) groups excluding carboxylic acids is 3. The SMILES string of the molecule is CN(C(=O)C1CCCN1C(=O)C(NC(=O)/C=C/c1ccc2c(c1)C(O)C(C(=O)O)(C(=O)O)O2)C(C)(C)C)c1ccccc1. The number of rotatable bonds is 8. The molecule has 2 aliphatic rings. The minimum absolute atomic E-state index is 0.0553. The van der Waals surface area contributed by atoms with Crippen molar-refractivity contribution in [1.29, 1.82) is 0 Å². The molecular weight excluding hydrogens is 558 g/mol. The van der Waals surface area contributed by atoms with Gasteiger partial charge in [-0.05, 0) is 54.2 Å². The second-order valence-electron chi connectivity index (χ2n) is 11.7. The van der Waals surface area contributed by atoms with Gasteiger partial charge in [-0.2, -0.15) is 0 Å². The second-order valence-corrected chi connectivity index (χ2v) is 11.7. The first-order chi connectivity index (χ1) is 20.2. The van der Waals surface area contributed by atoms with Crippen molar-refractivity contribution in [2.75, 3.05) is 18.5 Å². The summed E-state index contributed by atoms with van der Waals surface area (Å²) >= 11 is 0. The molecule has 2 aromatic rings. The topological polar surface area (TPSA) is 174 Å². The molecule has 0 aromatic heterocycles. The van der Waals surface area contributed by atoms with Gasteiger partial charge >= 0.3 is 17.5 Å². The monoisotopic (exact) mass is 593 g/mol. The highest BCUT2D eigenvalue weighted by molar-refractivity contribution is 6.04. The van der Waals surface area contributed by atoms with Crippen molar-refractivity contribution >= 4 is 41.4 Å². The van der Waals surface area contributed by atoms with Crippen molar-refractivity contribution in [3.8, 4) is 5.75 Å². The number of carboxylic acids is 2. The number of carboxylic acid groups (broad SMARTS) is 2. The van der Waals surface area contributed by atoms with Gasteiger partial charge in [0.15, 0.2) is 0 Å². The number of benzene rings is 2. The highest BCUT2D eigenvalue weighted by atomic mass is 16.6. The van der Waals surface area contributed by atoms with Gasteiger partial charge in [-0.15, -0.1) is 0 Å². The van der Waals surface area contributed by atoms with Gasteiger partial charge in [0.05, 0.1) is 0 Å². The number of amides is 3.